The summed E-state index contributed by atoms with van der Waals surface area (Å²) >= 11 is 0. The predicted octanol–water partition coefficient (Wildman–Crippen LogP) is 0.479. The largest absolute Gasteiger partial charge is 0.357 e. The lowest BCUT2D eigenvalue weighted by atomic mass is 10.0. The highest BCUT2D eigenvalue weighted by Crippen LogP contribution is 2.26. The topological polar surface area (TPSA) is 67.2 Å². The van der Waals surface area contributed by atoms with Crippen LogP contribution < -0.4 is 5.32 Å². The first kappa shape index (κ1) is 12.9. The summed E-state index contributed by atoms with van der Waals surface area (Å²) in [6, 6.07) is 1.43. The first-order valence-electron chi connectivity index (χ1n) is 6.88. The summed E-state index contributed by atoms with van der Waals surface area (Å²) in [5.41, 5.74) is 0.907. The molecule has 1 atom stereocenters. The number of rotatable bonds is 2. The Labute approximate surface area is 117 Å². The van der Waals surface area contributed by atoms with Crippen LogP contribution in [0, 0.1) is 5.92 Å². The average Bonchev–Trinajstić information content (AvgIpc) is 3.15. The molecule has 6 nitrogen and oxygen atoms in total. The summed E-state index contributed by atoms with van der Waals surface area (Å²) in [5, 5.41) is 6.85. The Bertz CT molecular complexity index is 555. The van der Waals surface area contributed by atoms with Crippen molar-refractivity contribution in [2.75, 3.05) is 13.6 Å². The van der Waals surface area contributed by atoms with E-state index in [9.17, 15) is 9.59 Å². The van der Waals surface area contributed by atoms with Gasteiger partial charge in [-0.05, 0) is 18.9 Å². The zero-order valence-corrected chi connectivity index (χ0v) is 11.5. The zero-order valence-electron chi connectivity index (χ0n) is 11.5. The monoisotopic (exact) mass is 274 g/mol. The highest BCUT2D eigenvalue weighted by molar-refractivity contribution is 5.83. The molecule has 0 saturated heterocycles. The van der Waals surface area contributed by atoms with Gasteiger partial charge in [0.2, 0.25) is 11.8 Å². The minimum absolute atomic E-state index is 0.0369. The Balaban J connectivity index is 1.82. The maximum atomic E-state index is 12.5. The lowest BCUT2D eigenvalue weighted by Crippen LogP contribution is -2.47. The lowest BCUT2D eigenvalue weighted by molar-refractivity contribution is -0.138. The van der Waals surface area contributed by atoms with E-state index in [1.54, 1.807) is 22.8 Å². The van der Waals surface area contributed by atoms with Crippen LogP contribution in [0.25, 0.3) is 0 Å². The van der Waals surface area contributed by atoms with Gasteiger partial charge in [0.05, 0.1) is 18.8 Å². The molecule has 20 heavy (non-hydrogen) atoms. The number of fused-ring (bicyclic) bond motifs is 1. The smallest absolute Gasteiger partial charge is 0.246 e. The van der Waals surface area contributed by atoms with Crippen molar-refractivity contribution < 1.29 is 9.59 Å². The number of aromatic nitrogens is 2. The number of amides is 2. The van der Waals surface area contributed by atoms with Gasteiger partial charge in [-0.1, -0.05) is 12.2 Å². The molecule has 1 N–H and O–H groups in total. The van der Waals surface area contributed by atoms with Crippen LogP contribution in [0.2, 0.25) is 0 Å². The number of hydrogen-bond acceptors (Lipinski definition) is 3. The first-order chi connectivity index (χ1) is 9.70. The molecule has 2 aliphatic rings. The Morgan fingerprint density at radius 1 is 1.35 bits per heavy atom. The normalized spacial score (nSPS) is 21.9. The fourth-order valence-electron chi connectivity index (χ4n) is 2.90. The molecule has 0 radical (unpaired) electrons. The van der Waals surface area contributed by atoms with Crippen LogP contribution in [0.1, 0.15) is 24.6 Å². The summed E-state index contributed by atoms with van der Waals surface area (Å²) in [6.45, 7) is 0.923. The van der Waals surface area contributed by atoms with E-state index in [1.807, 2.05) is 18.2 Å². The molecule has 0 fully saturated rings. The van der Waals surface area contributed by atoms with Crippen LogP contribution in [-0.2, 0) is 16.1 Å². The summed E-state index contributed by atoms with van der Waals surface area (Å²) in [4.78, 5) is 26.3. The van der Waals surface area contributed by atoms with Crippen molar-refractivity contribution in [2.24, 2.45) is 5.92 Å². The molecule has 0 spiro atoms. The Kier molecular flexibility index (Phi) is 3.30. The van der Waals surface area contributed by atoms with Gasteiger partial charge in [-0.25, -0.2) is 0 Å². The molecule has 1 aromatic rings. The summed E-state index contributed by atoms with van der Waals surface area (Å²) in [5.74, 6) is 0.0585. The number of hydrogen-bond donors (Lipinski definition) is 1. The van der Waals surface area contributed by atoms with Gasteiger partial charge < -0.3 is 10.2 Å². The van der Waals surface area contributed by atoms with Gasteiger partial charge in [-0.15, -0.1) is 0 Å². The Morgan fingerprint density at radius 3 is 2.80 bits per heavy atom. The molecule has 1 aliphatic carbocycles. The third-order valence-corrected chi connectivity index (χ3v) is 4.01. The van der Waals surface area contributed by atoms with Gasteiger partial charge >= 0.3 is 0 Å². The molecule has 1 aliphatic heterocycles. The second kappa shape index (κ2) is 5.11. The van der Waals surface area contributed by atoms with Gasteiger partial charge in [-0.3, -0.25) is 14.3 Å². The number of likely N-dealkylation sites (N-methyl/N-ethyl adjacent to an activating group) is 1. The van der Waals surface area contributed by atoms with Crippen molar-refractivity contribution in [2.45, 2.75) is 25.4 Å². The quantitative estimate of drug-likeness (QED) is 0.798. The molecule has 106 valence electrons. The van der Waals surface area contributed by atoms with Crippen LogP contribution >= 0.6 is 0 Å². The summed E-state index contributed by atoms with van der Waals surface area (Å²) in [6.07, 6.45) is 7.38. The van der Waals surface area contributed by atoms with Crippen LogP contribution in [0.4, 0.5) is 0 Å². The SMILES string of the molecule is CNC(=O)C1CN(C(=O)C2CC=CC2)Cc2ccnn21. The van der Waals surface area contributed by atoms with Gasteiger partial charge in [0.1, 0.15) is 6.04 Å². The first-order valence-corrected chi connectivity index (χ1v) is 6.88. The van der Waals surface area contributed by atoms with Gasteiger partial charge in [0.25, 0.3) is 0 Å². The Hall–Kier alpha value is -2.11. The minimum Gasteiger partial charge on any atom is -0.357 e. The van der Waals surface area contributed by atoms with Crippen LogP contribution in [0.3, 0.4) is 0 Å². The van der Waals surface area contributed by atoms with E-state index in [0.29, 0.717) is 13.1 Å². The van der Waals surface area contributed by atoms with Crippen LogP contribution in [0.5, 0.6) is 0 Å². The fourth-order valence-corrected chi connectivity index (χ4v) is 2.90. The molecule has 1 aromatic heterocycles. The highest BCUT2D eigenvalue weighted by Gasteiger charge is 2.34. The molecule has 3 rings (SSSR count). The molecule has 2 heterocycles. The third-order valence-electron chi connectivity index (χ3n) is 4.01. The number of carbonyl (C=O) groups excluding carboxylic acids is 2. The summed E-state index contributed by atoms with van der Waals surface area (Å²) in [7, 11) is 1.60. The zero-order chi connectivity index (χ0) is 14.1. The standard InChI is InChI=1S/C14H18N4O2/c1-15-13(19)12-9-17(8-11-6-7-16-18(11)12)14(20)10-4-2-3-5-10/h2-3,6-7,10,12H,4-5,8-9H2,1H3,(H,15,19). The van der Waals surface area contributed by atoms with Gasteiger partial charge in [0, 0.05) is 19.2 Å². The lowest BCUT2D eigenvalue weighted by Gasteiger charge is -2.34. The average molecular weight is 274 g/mol. The van der Waals surface area contributed by atoms with Gasteiger partial charge in [-0.2, -0.15) is 5.10 Å². The van der Waals surface area contributed by atoms with E-state index in [1.165, 1.54) is 0 Å². The van der Waals surface area contributed by atoms with Crippen molar-refractivity contribution in [3.05, 3.63) is 30.1 Å². The van der Waals surface area contributed by atoms with E-state index in [-0.39, 0.29) is 17.7 Å². The van der Waals surface area contributed by atoms with E-state index >= 15 is 0 Å². The molecule has 6 heteroatoms. The number of carbonyl (C=O) groups is 2. The van der Waals surface area contributed by atoms with Gasteiger partial charge in [0.15, 0.2) is 0 Å². The molecular formula is C14H18N4O2. The Morgan fingerprint density at radius 2 is 2.10 bits per heavy atom. The molecule has 2 amide bonds. The summed E-state index contributed by atoms with van der Waals surface area (Å²) < 4.78 is 1.72. The molecule has 1 unspecified atom stereocenters. The van der Waals surface area contributed by atoms with E-state index in [0.717, 1.165) is 18.5 Å². The van der Waals surface area contributed by atoms with Crippen molar-refractivity contribution in [3.63, 3.8) is 0 Å². The number of nitrogens with one attached hydrogen (secondary N) is 1. The highest BCUT2D eigenvalue weighted by atomic mass is 16.2. The maximum Gasteiger partial charge on any atom is 0.246 e. The third kappa shape index (κ3) is 2.11. The van der Waals surface area contributed by atoms with E-state index in [2.05, 4.69) is 10.4 Å². The predicted molar refractivity (Wildman–Crippen MR) is 72.6 cm³/mol. The second-order valence-electron chi connectivity index (χ2n) is 5.26. The fraction of sp³-hybridized carbons (Fsp3) is 0.500. The van der Waals surface area contributed by atoms with E-state index in [4.69, 9.17) is 0 Å². The maximum absolute atomic E-state index is 12.5. The van der Waals surface area contributed by atoms with Crippen molar-refractivity contribution >= 4 is 11.8 Å². The van der Waals surface area contributed by atoms with E-state index < -0.39 is 6.04 Å². The van der Waals surface area contributed by atoms with Crippen molar-refractivity contribution in [1.29, 1.82) is 0 Å². The molecule has 0 bridgehead atoms. The second-order valence-corrected chi connectivity index (χ2v) is 5.26. The molecule has 0 saturated carbocycles. The van der Waals surface area contributed by atoms with Crippen molar-refractivity contribution in [3.8, 4) is 0 Å². The number of nitrogens with zero attached hydrogens (tertiary/aromatic N) is 3. The van der Waals surface area contributed by atoms with Crippen molar-refractivity contribution in [1.82, 2.24) is 20.0 Å². The number of allylic oxidation sites excluding steroid dienone is 2. The molecule has 0 aromatic carbocycles. The minimum atomic E-state index is -0.433. The van der Waals surface area contributed by atoms with Crippen LogP contribution in [-0.4, -0.2) is 40.1 Å². The molecular weight excluding hydrogens is 256 g/mol. The van der Waals surface area contributed by atoms with Crippen LogP contribution in [0.15, 0.2) is 24.4 Å².